The highest BCUT2D eigenvalue weighted by Gasteiger charge is 2.50. The molecule has 142 valence electrons. The van der Waals surface area contributed by atoms with Crippen LogP contribution in [0.5, 0.6) is 0 Å². The number of hydrogen-bond acceptors (Lipinski definition) is 5. The van der Waals surface area contributed by atoms with Gasteiger partial charge < -0.3 is 20.5 Å². The van der Waals surface area contributed by atoms with Gasteiger partial charge in [-0.15, -0.1) is 0 Å². The minimum Gasteiger partial charge on any atom is -0.433 e. The van der Waals surface area contributed by atoms with Crippen molar-refractivity contribution in [1.82, 2.24) is 4.90 Å². The zero-order valence-corrected chi connectivity index (χ0v) is 14.4. The third-order valence-corrected chi connectivity index (χ3v) is 5.29. The van der Waals surface area contributed by atoms with Crippen molar-refractivity contribution in [1.29, 1.82) is 0 Å². The molecular weight excluding hydrogens is 357 g/mol. The van der Waals surface area contributed by atoms with Gasteiger partial charge in [-0.25, -0.2) is 9.18 Å². The fraction of sp³-hybridized carbons (Fsp3) is 0.389. The van der Waals surface area contributed by atoms with E-state index in [9.17, 15) is 18.8 Å². The number of carbonyl (C=O) groups is 3. The highest BCUT2D eigenvalue weighted by molar-refractivity contribution is 5.99. The van der Waals surface area contributed by atoms with Crippen molar-refractivity contribution < 1.29 is 28.6 Å². The first-order valence-electron chi connectivity index (χ1n) is 8.60. The molecule has 0 spiro atoms. The van der Waals surface area contributed by atoms with E-state index in [0.29, 0.717) is 37.2 Å². The number of halogens is 1. The van der Waals surface area contributed by atoms with E-state index < -0.39 is 36.6 Å². The number of amides is 3. The third kappa shape index (κ3) is 2.74. The maximum Gasteiger partial charge on any atom is 0.415 e. The van der Waals surface area contributed by atoms with Gasteiger partial charge in [0.2, 0.25) is 12.0 Å². The molecule has 2 atom stereocenters. The van der Waals surface area contributed by atoms with Crippen molar-refractivity contribution >= 4 is 29.2 Å². The van der Waals surface area contributed by atoms with Crippen LogP contribution >= 0.6 is 0 Å². The van der Waals surface area contributed by atoms with Gasteiger partial charge in [-0.3, -0.25) is 14.5 Å². The van der Waals surface area contributed by atoms with Crippen LogP contribution < -0.4 is 10.6 Å². The number of rotatable bonds is 3. The predicted octanol–water partition coefficient (Wildman–Crippen LogP) is 0.169. The van der Waals surface area contributed by atoms with E-state index in [2.05, 4.69) is 0 Å². The monoisotopic (exact) mass is 375 g/mol. The summed E-state index contributed by atoms with van der Waals surface area (Å²) in [5, 5.41) is 8.93. The summed E-state index contributed by atoms with van der Waals surface area (Å²) in [5.74, 6) is -1.58. The number of aliphatic hydroxyl groups is 1. The zero-order valence-electron chi connectivity index (χ0n) is 14.4. The van der Waals surface area contributed by atoms with Crippen LogP contribution in [0.1, 0.15) is 17.5 Å². The molecule has 3 aliphatic heterocycles. The smallest absolute Gasteiger partial charge is 0.415 e. The van der Waals surface area contributed by atoms with Gasteiger partial charge in [0, 0.05) is 18.7 Å². The van der Waals surface area contributed by atoms with E-state index in [0.717, 1.165) is 11.1 Å². The number of ether oxygens (including phenoxy) is 1. The molecule has 27 heavy (non-hydrogen) atoms. The SMILES string of the molecule is NC(=O)[C@@H]1OC(=O)N2c3cc(F)c(C4=CCN(C(=O)CO)CC4)cc3CC12. The Kier molecular flexibility index (Phi) is 4.11. The largest absolute Gasteiger partial charge is 0.433 e. The molecule has 1 unspecified atom stereocenters. The molecule has 4 rings (SSSR count). The molecular formula is C18H18FN3O5. The number of nitrogens with two attached hydrogens (primary N) is 1. The maximum absolute atomic E-state index is 14.8. The van der Waals surface area contributed by atoms with Crippen molar-refractivity contribution in [3.05, 3.63) is 35.2 Å². The lowest BCUT2D eigenvalue weighted by Gasteiger charge is -2.26. The fourth-order valence-corrected chi connectivity index (χ4v) is 3.94. The first-order chi connectivity index (χ1) is 12.9. The molecule has 0 saturated carbocycles. The van der Waals surface area contributed by atoms with E-state index >= 15 is 0 Å². The number of carbonyl (C=O) groups excluding carboxylic acids is 3. The lowest BCUT2D eigenvalue weighted by atomic mass is 9.95. The summed E-state index contributed by atoms with van der Waals surface area (Å²) >= 11 is 0. The third-order valence-electron chi connectivity index (χ3n) is 5.29. The van der Waals surface area contributed by atoms with Crippen LogP contribution in [0.15, 0.2) is 18.2 Å². The molecule has 1 fully saturated rings. The molecule has 3 heterocycles. The summed E-state index contributed by atoms with van der Waals surface area (Å²) in [4.78, 5) is 37.9. The van der Waals surface area contributed by atoms with Crippen molar-refractivity contribution in [3.8, 4) is 0 Å². The van der Waals surface area contributed by atoms with Gasteiger partial charge in [0.15, 0.2) is 0 Å². The predicted molar refractivity (Wildman–Crippen MR) is 92.1 cm³/mol. The lowest BCUT2D eigenvalue weighted by molar-refractivity contribution is -0.133. The molecule has 1 saturated heterocycles. The van der Waals surface area contributed by atoms with Crippen LogP contribution in [0, 0.1) is 5.82 Å². The highest BCUT2D eigenvalue weighted by atomic mass is 19.1. The number of primary amides is 1. The Labute approximate surface area is 154 Å². The number of benzene rings is 1. The number of aliphatic hydroxyl groups excluding tert-OH is 1. The van der Waals surface area contributed by atoms with Crippen molar-refractivity contribution in [3.63, 3.8) is 0 Å². The summed E-state index contributed by atoms with van der Waals surface area (Å²) in [6.45, 7) is 0.146. The second-order valence-electron chi connectivity index (χ2n) is 6.79. The van der Waals surface area contributed by atoms with Crippen LogP contribution in [0.2, 0.25) is 0 Å². The van der Waals surface area contributed by atoms with Gasteiger partial charge in [0.25, 0.3) is 5.91 Å². The number of fused-ring (bicyclic) bond motifs is 3. The first-order valence-corrected chi connectivity index (χ1v) is 8.60. The van der Waals surface area contributed by atoms with Gasteiger partial charge >= 0.3 is 6.09 Å². The molecule has 0 aliphatic carbocycles. The molecule has 1 aromatic carbocycles. The minimum absolute atomic E-state index is 0.302. The summed E-state index contributed by atoms with van der Waals surface area (Å²) in [5.41, 5.74) is 7.61. The van der Waals surface area contributed by atoms with Crippen molar-refractivity contribution in [2.45, 2.75) is 25.0 Å². The Bertz CT molecular complexity index is 884. The summed E-state index contributed by atoms with van der Waals surface area (Å²) in [6.07, 6.45) is 0.816. The van der Waals surface area contributed by atoms with E-state index in [-0.39, 0.29) is 5.91 Å². The van der Waals surface area contributed by atoms with Crippen LogP contribution in [-0.4, -0.2) is 59.8 Å². The molecule has 0 aromatic heterocycles. The van der Waals surface area contributed by atoms with Gasteiger partial charge in [0.05, 0.1) is 11.7 Å². The van der Waals surface area contributed by atoms with Gasteiger partial charge in [-0.05, 0) is 36.1 Å². The van der Waals surface area contributed by atoms with Crippen molar-refractivity contribution in [2.75, 3.05) is 24.6 Å². The van der Waals surface area contributed by atoms with E-state index in [1.54, 1.807) is 12.1 Å². The van der Waals surface area contributed by atoms with E-state index in [1.807, 2.05) is 0 Å². The summed E-state index contributed by atoms with van der Waals surface area (Å²) in [7, 11) is 0. The molecule has 9 heteroatoms. The molecule has 3 N–H and O–H groups in total. The molecule has 0 bridgehead atoms. The maximum atomic E-state index is 14.8. The average molecular weight is 375 g/mol. The second kappa shape index (κ2) is 6.34. The second-order valence-corrected chi connectivity index (χ2v) is 6.79. The Morgan fingerprint density at radius 3 is 2.78 bits per heavy atom. The Hall–Kier alpha value is -2.94. The Balaban J connectivity index is 1.63. The topological polar surface area (TPSA) is 113 Å². The van der Waals surface area contributed by atoms with E-state index in [4.69, 9.17) is 15.6 Å². The van der Waals surface area contributed by atoms with Crippen LogP contribution in [0.4, 0.5) is 14.9 Å². The van der Waals surface area contributed by atoms with Crippen molar-refractivity contribution in [2.24, 2.45) is 5.73 Å². The number of anilines is 1. The fourth-order valence-electron chi connectivity index (χ4n) is 3.94. The minimum atomic E-state index is -1.05. The Morgan fingerprint density at radius 2 is 2.15 bits per heavy atom. The number of cyclic esters (lactones) is 1. The summed E-state index contributed by atoms with van der Waals surface area (Å²) < 4.78 is 19.8. The normalized spacial score (nSPS) is 23.6. The van der Waals surface area contributed by atoms with Crippen LogP contribution in [-0.2, 0) is 20.7 Å². The quantitative estimate of drug-likeness (QED) is 0.782. The number of hydrogen-bond donors (Lipinski definition) is 2. The van der Waals surface area contributed by atoms with Crippen LogP contribution in [0.25, 0.3) is 5.57 Å². The molecule has 3 aliphatic rings. The number of nitrogens with zero attached hydrogens (tertiary/aromatic N) is 2. The molecule has 3 amide bonds. The highest BCUT2D eigenvalue weighted by Crippen LogP contribution is 2.41. The molecule has 0 radical (unpaired) electrons. The van der Waals surface area contributed by atoms with Crippen LogP contribution in [0.3, 0.4) is 0 Å². The average Bonchev–Trinajstić information content (AvgIpc) is 3.18. The Morgan fingerprint density at radius 1 is 1.37 bits per heavy atom. The molecule has 1 aromatic rings. The van der Waals surface area contributed by atoms with Gasteiger partial charge in [-0.2, -0.15) is 0 Å². The lowest BCUT2D eigenvalue weighted by Crippen LogP contribution is -2.41. The summed E-state index contributed by atoms with van der Waals surface area (Å²) in [6, 6.07) is 2.41. The van der Waals surface area contributed by atoms with E-state index in [1.165, 1.54) is 15.9 Å². The van der Waals surface area contributed by atoms with Gasteiger partial charge in [-0.1, -0.05) is 6.08 Å². The van der Waals surface area contributed by atoms with Gasteiger partial charge in [0.1, 0.15) is 12.4 Å². The standard InChI is InChI=1S/C18H18FN3O5/c19-12-7-13-10(6-14-16(17(20)25)27-18(26)22(13)14)5-11(12)9-1-3-21(4-2-9)15(24)8-23/h1,5,7,14,16,23H,2-4,6,8H2,(H2,20,25)/t14?,16-/m1/s1. The zero-order chi connectivity index (χ0) is 19.3. The first kappa shape index (κ1) is 17.5. The molecule has 8 nitrogen and oxygen atoms in total.